The van der Waals surface area contributed by atoms with Crippen LogP contribution >= 0.6 is 45.8 Å². The van der Waals surface area contributed by atoms with Gasteiger partial charge in [-0.25, -0.2) is 4.39 Å². The van der Waals surface area contributed by atoms with E-state index in [1.54, 1.807) is 6.07 Å². The summed E-state index contributed by atoms with van der Waals surface area (Å²) in [6.45, 7) is 1.97. The average Bonchev–Trinajstić information content (AvgIpc) is 3.16. The normalized spacial score (nSPS) is 14.3. The van der Waals surface area contributed by atoms with E-state index in [1.807, 2.05) is 0 Å². The van der Waals surface area contributed by atoms with Gasteiger partial charge in [0, 0.05) is 22.2 Å². The van der Waals surface area contributed by atoms with Crippen LogP contribution in [-0.2, 0) is 13.0 Å². The minimum Gasteiger partial charge on any atom is -0.370 e. The molecule has 0 aliphatic heterocycles. The largest absolute Gasteiger partial charge is 0.370 e. The van der Waals surface area contributed by atoms with Crippen LogP contribution in [0.4, 0.5) is 13.8 Å². The number of thiophene rings is 2. The molecule has 0 saturated heterocycles. The first kappa shape index (κ1) is 17.0. The zero-order chi connectivity index (χ0) is 16.6. The summed E-state index contributed by atoms with van der Waals surface area (Å²) in [6, 6.07) is 2.62. The highest BCUT2D eigenvalue weighted by molar-refractivity contribution is 7.25. The summed E-state index contributed by atoms with van der Waals surface area (Å²) in [5, 5.41) is 4.49. The summed E-state index contributed by atoms with van der Waals surface area (Å²) >= 11 is 10.2. The van der Waals surface area contributed by atoms with E-state index in [2.05, 4.69) is 9.69 Å². The quantitative estimate of drug-likeness (QED) is 0.616. The van der Waals surface area contributed by atoms with Crippen LogP contribution in [0.25, 0.3) is 10.2 Å². The Balaban J connectivity index is 1.79. The summed E-state index contributed by atoms with van der Waals surface area (Å²) < 4.78 is 31.6. The van der Waals surface area contributed by atoms with Gasteiger partial charge in [-0.3, -0.25) is 0 Å². The molecule has 124 valence electrons. The monoisotopic (exact) mass is 393 g/mol. The summed E-state index contributed by atoms with van der Waals surface area (Å²) in [5.41, 5.74) is 6.51. The van der Waals surface area contributed by atoms with Crippen LogP contribution in [0.5, 0.6) is 0 Å². The maximum atomic E-state index is 13.3. The molecule has 0 aliphatic carbocycles. The topological polar surface area (TPSA) is 50.9 Å². The third kappa shape index (κ3) is 3.66. The van der Waals surface area contributed by atoms with Crippen molar-refractivity contribution in [3.05, 3.63) is 32.0 Å². The molecule has 3 nitrogen and oxygen atoms in total. The SMILES string of the molecule is C[C@H](F)[C@H](N)Cc1sc2c(NCc3ccc(F)s3)snc2c1Cl. The molecular formula is C14H14ClF2N3S3. The van der Waals surface area contributed by atoms with Crippen LogP contribution in [0.3, 0.4) is 0 Å². The predicted octanol–water partition coefficient (Wildman–Crippen LogP) is 5.05. The summed E-state index contributed by atoms with van der Waals surface area (Å²) in [6.07, 6.45) is -0.706. The second-order valence-electron chi connectivity index (χ2n) is 5.13. The lowest BCUT2D eigenvalue weighted by Gasteiger charge is -2.11. The van der Waals surface area contributed by atoms with E-state index < -0.39 is 12.2 Å². The summed E-state index contributed by atoms with van der Waals surface area (Å²) in [5.74, 6) is 0. The Kier molecular flexibility index (Phi) is 5.17. The van der Waals surface area contributed by atoms with Gasteiger partial charge in [0.25, 0.3) is 0 Å². The average molecular weight is 394 g/mol. The molecule has 23 heavy (non-hydrogen) atoms. The number of anilines is 1. The molecule has 0 fully saturated rings. The van der Waals surface area contributed by atoms with Crippen molar-refractivity contribution in [2.24, 2.45) is 5.73 Å². The Bertz CT molecular complexity index is 812. The molecule has 2 atom stereocenters. The Hall–Kier alpha value is -0.800. The molecule has 0 amide bonds. The second kappa shape index (κ2) is 6.98. The number of rotatable bonds is 6. The van der Waals surface area contributed by atoms with Gasteiger partial charge in [-0.2, -0.15) is 8.76 Å². The highest BCUT2D eigenvalue weighted by Gasteiger charge is 2.21. The lowest BCUT2D eigenvalue weighted by Crippen LogP contribution is -2.31. The van der Waals surface area contributed by atoms with Gasteiger partial charge in [0.1, 0.15) is 16.7 Å². The van der Waals surface area contributed by atoms with Crippen molar-refractivity contribution in [1.29, 1.82) is 0 Å². The van der Waals surface area contributed by atoms with Crippen LogP contribution in [0.1, 0.15) is 16.7 Å². The number of nitrogens with one attached hydrogen (secondary N) is 1. The molecule has 0 spiro atoms. The molecule has 0 aromatic carbocycles. The predicted molar refractivity (Wildman–Crippen MR) is 96.4 cm³/mol. The number of fused-ring (bicyclic) bond motifs is 1. The second-order valence-corrected chi connectivity index (χ2v) is 8.51. The Morgan fingerprint density at radius 3 is 2.83 bits per heavy atom. The standard InChI is InChI=1S/C14H14ClF2N3S3/c1-6(16)8(18)4-9-11(15)12-13(22-9)14(23-20-12)19-5-7-2-3-10(17)21-7/h2-3,6,8,19H,4-5,18H2,1H3/t6-,8+/m0/s1. The minimum absolute atomic E-state index is 0.202. The molecule has 3 aromatic heterocycles. The number of hydrogen-bond acceptors (Lipinski definition) is 6. The first-order valence-corrected chi connectivity index (χ1v) is 9.68. The number of nitrogens with zero attached hydrogens (tertiary/aromatic N) is 1. The van der Waals surface area contributed by atoms with Crippen LogP contribution in [0.2, 0.25) is 5.02 Å². The van der Waals surface area contributed by atoms with Crippen molar-refractivity contribution in [2.75, 3.05) is 5.32 Å². The fraction of sp³-hybridized carbons (Fsp3) is 0.357. The molecular weight excluding hydrogens is 380 g/mol. The van der Waals surface area contributed by atoms with Gasteiger partial charge in [0.2, 0.25) is 0 Å². The molecule has 3 rings (SSSR count). The van der Waals surface area contributed by atoms with Crippen molar-refractivity contribution in [3.8, 4) is 0 Å². The van der Waals surface area contributed by atoms with Crippen LogP contribution in [-0.4, -0.2) is 16.6 Å². The number of hydrogen-bond donors (Lipinski definition) is 2. The molecule has 3 heterocycles. The van der Waals surface area contributed by atoms with Crippen LogP contribution < -0.4 is 11.1 Å². The minimum atomic E-state index is -1.09. The van der Waals surface area contributed by atoms with E-state index in [1.165, 1.54) is 35.9 Å². The fourth-order valence-electron chi connectivity index (χ4n) is 2.05. The third-order valence-corrected chi connectivity index (χ3v) is 6.94. The van der Waals surface area contributed by atoms with E-state index in [0.29, 0.717) is 18.0 Å². The van der Waals surface area contributed by atoms with E-state index in [-0.39, 0.29) is 5.13 Å². The summed E-state index contributed by atoms with van der Waals surface area (Å²) in [4.78, 5) is 1.75. The first-order valence-electron chi connectivity index (χ1n) is 6.90. The van der Waals surface area contributed by atoms with E-state index in [9.17, 15) is 8.78 Å². The Morgan fingerprint density at radius 2 is 2.17 bits per heavy atom. The van der Waals surface area contributed by atoms with E-state index in [0.717, 1.165) is 36.3 Å². The maximum Gasteiger partial charge on any atom is 0.176 e. The van der Waals surface area contributed by atoms with Crippen LogP contribution in [0.15, 0.2) is 12.1 Å². The van der Waals surface area contributed by atoms with Crippen molar-refractivity contribution < 1.29 is 8.78 Å². The molecule has 3 N–H and O–H groups in total. The van der Waals surface area contributed by atoms with Gasteiger partial charge in [-0.15, -0.1) is 22.7 Å². The smallest absolute Gasteiger partial charge is 0.176 e. The highest BCUT2D eigenvalue weighted by Crippen LogP contribution is 2.42. The molecule has 3 aromatic rings. The number of aromatic nitrogens is 1. The van der Waals surface area contributed by atoms with E-state index >= 15 is 0 Å². The van der Waals surface area contributed by atoms with Crippen molar-refractivity contribution in [3.63, 3.8) is 0 Å². The first-order chi connectivity index (χ1) is 11.0. The Morgan fingerprint density at radius 1 is 1.39 bits per heavy atom. The van der Waals surface area contributed by atoms with Gasteiger partial charge in [0.15, 0.2) is 5.13 Å². The molecule has 0 saturated carbocycles. The zero-order valence-corrected chi connectivity index (χ0v) is 15.3. The lowest BCUT2D eigenvalue weighted by atomic mass is 10.1. The van der Waals surface area contributed by atoms with Gasteiger partial charge < -0.3 is 11.1 Å². The summed E-state index contributed by atoms with van der Waals surface area (Å²) in [7, 11) is 0. The van der Waals surface area contributed by atoms with Gasteiger partial charge >= 0.3 is 0 Å². The maximum absolute atomic E-state index is 13.3. The van der Waals surface area contributed by atoms with Gasteiger partial charge in [-0.05, 0) is 30.6 Å². The van der Waals surface area contributed by atoms with Crippen molar-refractivity contribution in [2.45, 2.75) is 32.1 Å². The fourth-order valence-corrected chi connectivity index (χ4v) is 5.25. The Labute approximate surface area is 149 Å². The molecule has 0 unspecified atom stereocenters. The third-order valence-electron chi connectivity index (χ3n) is 3.39. The highest BCUT2D eigenvalue weighted by atomic mass is 35.5. The lowest BCUT2D eigenvalue weighted by molar-refractivity contribution is 0.305. The van der Waals surface area contributed by atoms with Crippen molar-refractivity contribution in [1.82, 2.24) is 4.37 Å². The van der Waals surface area contributed by atoms with Crippen LogP contribution in [0, 0.1) is 5.13 Å². The molecule has 0 aliphatic rings. The van der Waals surface area contributed by atoms with Gasteiger partial charge in [-0.1, -0.05) is 11.6 Å². The number of alkyl halides is 1. The number of halogens is 3. The molecule has 0 bridgehead atoms. The zero-order valence-electron chi connectivity index (χ0n) is 12.1. The molecule has 0 radical (unpaired) electrons. The van der Waals surface area contributed by atoms with E-state index in [4.69, 9.17) is 17.3 Å². The number of nitrogens with two attached hydrogens (primary N) is 1. The van der Waals surface area contributed by atoms with Gasteiger partial charge in [0.05, 0.1) is 16.3 Å². The molecule has 9 heteroatoms. The van der Waals surface area contributed by atoms with Crippen molar-refractivity contribution >= 4 is 61.0 Å².